The van der Waals surface area contributed by atoms with E-state index in [1.165, 1.54) is 0 Å². The Balaban J connectivity index is 1.61. The van der Waals surface area contributed by atoms with E-state index in [1.807, 2.05) is 67.2 Å². The zero-order valence-corrected chi connectivity index (χ0v) is 18.2. The highest BCUT2D eigenvalue weighted by atomic mass is 16.5. The number of ether oxygens (including phenoxy) is 2. The van der Waals surface area contributed by atoms with Gasteiger partial charge in [-0.3, -0.25) is 4.79 Å². The second-order valence-electron chi connectivity index (χ2n) is 7.75. The first-order valence-electron chi connectivity index (χ1n) is 10.2. The van der Waals surface area contributed by atoms with Gasteiger partial charge in [-0.1, -0.05) is 6.08 Å². The van der Waals surface area contributed by atoms with Gasteiger partial charge in [0.25, 0.3) is 0 Å². The van der Waals surface area contributed by atoms with Crippen LogP contribution in [0.4, 0.5) is 0 Å². The molecule has 0 bridgehead atoms. The number of carbonyl (C=O) groups is 1. The van der Waals surface area contributed by atoms with Gasteiger partial charge in [-0.05, 0) is 58.1 Å². The number of methoxy groups -OCH3 is 1. The number of likely N-dealkylation sites (N-methyl/N-ethyl adjacent to an activating group) is 1. The molecule has 7 nitrogen and oxygen atoms in total. The Morgan fingerprint density at radius 2 is 1.83 bits per heavy atom. The maximum absolute atomic E-state index is 12.3. The number of hydrogen-bond donors (Lipinski definition) is 0. The number of aromatic nitrogens is 2. The van der Waals surface area contributed by atoms with Crippen molar-refractivity contribution in [2.75, 3.05) is 40.8 Å². The summed E-state index contributed by atoms with van der Waals surface area (Å²) in [5.74, 6) is 3.09. The highest BCUT2D eigenvalue weighted by molar-refractivity contribution is 5.87. The van der Waals surface area contributed by atoms with E-state index in [1.54, 1.807) is 13.2 Å². The molecular weight excluding hydrogens is 380 g/mol. The molecule has 2 heterocycles. The van der Waals surface area contributed by atoms with Crippen LogP contribution in [0.15, 0.2) is 42.5 Å². The molecule has 1 amide bonds. The van der Waals surface area contributed by atoms with Crippen LogP contribution in [0.1, 0.15) is 30.3 Å². The molecule has 1 aromatic carbocycles. The smallest absolute Gasteiger partial charge is 0.246 e. The number of aryl methyl sites for hydroxylation is 1. The van der Waals surface area contributed by atoms with Crippen LogP contribution in [0.25, 0.3) is 0 Å². The van der Waals surface area contributed by atoms with Crippen LogP contribution in [0.5, 0.6) is 17.4 Å². The van der Waals surface area contributed by atoms with E-state index in [4.69, 9.17) is 9.47 Å². The molecule has 3 rings (SSSR count). The Kier molecular flexibility index (Phi) is 7.41. The highest BCUT2D eigenvalue weighted by Gasteiger charge is 2.25. The van der Waals surface area contributed by atoms with Gasteiger partial charge in [0.2, 0.25) is 11.8 Å². The van der Waals surface area contributed by atoms with E-state index in [-0.39, 0.29) is 11.8 Å². The first-order chi connectivity index (χ1) is 14.4. The summed E-state index contributed by atoms with van der Waals surface area (Å²) in [5, 5.41) is 0. The van der Waals surface area contributed by atoms with Crippen LogP contribution >= 0.6 is 0 Å². The third kappa shape index (κ3) is 6.03. The summed E-state index contributed by atoms with van der Waals surface area (Å²) >= 11 is 0. The molecule has 30 heavy (non-hydrogen) atoms. The minimum absolute atomic E-state index is 0.0731. The third-order valence-corrected chi connectivity index (χ3v) is 5.03. The average Bonchev–Trinajstić information content (AvgIpc) is 2.73. The summed E-state index contributed by atoms with van der Waals surface area (Å²) in [7, 11) is 5.60. The molecule has 0 radical (unpaired) electrons. The molecular formula is C23H30N4O3. The monoisotopic (exact) mass is 410 g/mol. The predicted octanol–water partition coefficient (Wildman–Crippen LogP) is 3.41. The minimum atomic E-state index is 0.0731. The van der Waals surface area contributed by atoms with E-state index in [2.05, 4.69) is 9.97 Å². The number of benzene rings is 1. The maximum atomic E-state index is 12.3. The molecule has 1 saturated heterocycles. The van der Waals surface area contributed by atoms with Crippen molar-refractivity contribution in [3.05, 3.63) is 54.0 Å². The first-order valence-corrected chi connectivity index (χ1v) is 10.2. The fourth-order valence-corrected chi connectivity index (χ4v) is 3.39. The van der Waals surface area contributed by atoms with Gasteiger partial charge in [0, 0.05) is 43.4 Å². The zero-order chi connectivity index (χ0) is 21.5. The van der Waals surface area contributed by atoms with Gasteiger partial charge in [0.15, 0.2) is 0 Å². The van der Waals surface area contributed by atoms with Crippen molar-refractivity contribution in [2.24, 2.45) is 0 Å². The van der Waals surface area contributed by atoms with Crippen LogP contribution in [0.3, 0.4) is 0 Å². The fraction of sp³-hybridized carbons (Fsp3) is 0.435. The summed E-state index contributed by atoms with van der Waals surface area (Å²) in [6.45, 7) is 4.13. The summed E-state index contributed by atoms with van der Waals surface area (Å²) in [4.78, 5) is 25.5. The Bertz CT molecular complexity index is 873. The SMILES string of the molecule is COc1ccc(Oc2cc(C)nc(C3CCN(C(=O)/C=C/CN(C)C)CC3)n2)cc1. The van der Waals surface area contributed by atoms with Gasteiger partial charge in [0.1, 0.15) is 17.3 Å². The lowest BCUT2D eigenvalue weighted by Gasteiger charge is -2.30. The predicted molar refractivity (Wildman–Crippen MR) is 116 cm³/mol. The molecule has 1 aliphatic rings. The molecule has 0 aliphatic carbocycles. The number of carbonyl (C=O) groups excluding carboxylic acids is 1. The van der Waals surface area contributed by atoms with Crippen LogP contribution in [-0.4, -0.2) is 66.5 Å². The quantitative estimate of drug-likeness (QED) is 0.652. The third-order valence-electron chi connectivity index (χ3n) is 5.03. The van der Waals surface area contributed by atoms with Crippen molar-refractivity contribution >= 4 is 5.91 Å². The molecule has 1 aliphatic heterocycles. The Morgan fingerprint density at radius 3 is 2.47 bits per heavy atom. The number of piperidine rings is 1. The van der Waals surface area contributed by atoms with Crippen molar-refractivity contribution in [3.8, 4) is 17.4 Å². The molecule has 0 atom stereocenters. The van der Waals surface area contributed by atoms with Crippen molar-refractivity contribution < 1.29 is 14.3 Å². The largest absolute Gasteiger partial charge is 0.497 e. The number of amides is 1. The minimum Gasteiger partial charge on any atom is -0.497 e. The van der Waals surface area contributed by atoms with Gasteiger partial charge >= 0.3 is 0 Å². The number of rotatable bonds is 7. The molecule has 0 unspecified atom stereocenters. The van der Waals surface area contributed by atoms with Crippen LogP contribution < -0.4 is 9.47 Å². The van der Waals surface area contributed by atoms with Crippen LogP contribution in [0.2, 0.25) is 0 Å². The molecule has 7 heteroatoms. The van der Waals surface area contributed by atoms with Crippen molar-refractivity contribution in [1.29, 1.82) is 0 Å². The zero-order valence-electron chi connectivity index (χ0n) is 18.2. The highest BCUT2D eigenvalue weighted by Crippen LogP contribution is 2.29. The summed E-state index contributed by atoms with van der Waals surface area (Å²) in [5.41, 5.74) is 0.869. The number of nitrogens with zero attached hydrogens (tertiary/aromatic N) is 4. The van der Waals surface area contributed by atoms with Gasteiger partial charge < -0.3 is 19.3 Å². The lowest BCUT2D eigenvalue weighted by molar-refractivity contribution is -0.127. The van der Waals surface area contributed by atoms with Crippen molar-refractivity contribution in [3.63, 3.8) is 0 Å². The molecule has 2 aromatic rings. The van der Waals surface area contributed by atoms with Crippen molar-refractivity contribution in [2.45, 2.75) is 25.7 Å². The molecule has 160 valence electrons. The maximum Gasteiger partial charge on any atom is 0.246 e. The van der Waals surface area contributed by atoms with Gasteiger partial charge in [-0.2, -0.15) is 4.98 Å². The van der Waals surface area contributed by atoms with E-state index >= 15 is 0 Å². The summed E-state index contributed by atoms with van der Waals surface area (Å²) in [6.07, 6.45) is 5.27. The van der Waals surface area contributed by atoms with Crippen molar-refractivity contribution in [1.82, 2.24) is 19.8 Å². The Hall–Kier alpha value is -2.93. The standard InChI is InChI=1S/C23H30N4O3/c1-17-16-21(30-20-9-7-19(29-4)8-10-20)25-23(24-17)18-11-14-27(15-12-18)22(28)6-5-13-26(2)3/h5-10,16,18H,11-15H2,1-4H3/b6-5+. The number of hydrogen-bond acceptors (Lipinski definition) is 6. The van der Waals surface area contributed by atoms with E-state index in [0.29, 0.717) is 24.7 Å². The molecule has 0 N–H and O–H groups in total. The second kappa shape index (κ2) is 10.2. The average molecular weight is 411 g/mol. The van der Waals surface area contributed by atoms with Crippen LogP contribution in [-0.2, 0) is 4.79 Å². The topological polar surface area (TPSA) is 67.8 Å². The molecule has 1 aromatic heterocycles. The molecule has 0 spiro atoms. The summed E-state index contributed by atoms with van der Waals surface area (Å²) < 4.78 is 11.1. The Morgan fingerprint density at radius 1 is 1.17 bits per heavy atom. The lowest BCUT2D eigenvalue weighted by Crippen LogP contribution is -2.37. The van der Waals surface area contributed by atoms with E-state index in [9.17, 15) is 4.79 Å². The second-order valence-corrected chi connectivity index (χ2v) is 7.75. The number of likely N-dealkylation sites (tertiary alicyclic amines) is 1. The van der Waals surface area contributed by atoms with E-state index < -0.39 is 0 Å². The fourth-order valence-electron chi connectivity index (χ4n) is 3.39. The van der Waals surface area contributed by atoms with Gasteiger partial charge in [0.05, 0.1) is 7.11 Å². The van der Waals surface area contributed by atoms with Gasteiger partial charge in [-0.15, -0.1) is 0 Å². The Labute approximate surface area is 178 Å². The lowest BCUT2D eigenvalue weighted by atomic mass is 9.95. The van der Waals surface area contributed by atoms with Crippen LogP contribution in [0, 0.1) is 6.92 Å². The van der Waals surface area contributed by atoms with E-state index in [0.717, 1.165) is 36.7 Å². The normalized spacial score (nSPS) is 15.0. The summed E-state index contributed by atoms with van der Waals surface area (Å²) in [6, 6.07) is 9.24. The van der Waals surface area contributed by atoms with Gasteiger partial charge in [-0.25, -0.2) is 4.98 Å². The first kappa shape index (κ1) is 21.8. The molecule has 0 saturated carbocycles. The molecule has 1 fully saturated rings.